The van der Waals surface area contributed by atoms with Gasteiger partial charge in [-0.25, -0.2) is 4.79 Å². The molecule has 156 valence electrons. The van der Waals surface area contributed by atoms with Crippen molar-refractivity contribution in [1.29, 1.82) is 0 Å². The molecule has 0 amide bonds. The van der Waals surface area contributed by atoms with Crippen LogP contribution in [-0.2, 0) is 0 Å². The van der Waals surface area contributed by atoms with Crippen LogP contribution in [0.4, 0.5) is 0 Å². The number of carboxylic acids is 1. The van der Waals surface area contributed by atoms with E-state index < -0.39 is 5.97 Å². The lowest BCUT2D eigenvalue weighted by Gasteiger charge is -2.02. The van der Waals surface area contributed by atoms with Crippen molar-refractivity contribution in [2.24, 2.45) is 0 Å². The zero-order valence-corrected chi connectivity index (χ0v) is 16.6. The molecular weight excluding hydrogens is 392 g/mol. The van der Waals surface area contributed by atoms with Crippen molar-refractivity contribution in [1.82, 2.24) is 0 Å². The van der Waals surface area contributed by atoms with Gasteiger partial charge in [-0.2, -0.15) is 0 Å². The molecule has 3 N–H and O–H groups in total. The van der Waals surface area contributed by atoms with E-state index in [0.717, 1.165) is 0 Å². The number of carbonyl (C=O) groups is 2. The van der Waals surface area contributed by atoms with Gasteiger partial charge in [-0.3, -0.25) is 4.79 Å². The summed E-state index contributed by atoms with van der Waals surface area (Å²) in [4.78, 5) is 22.1. The van der Waals surface area contributed by atoms with Crippen LogP contribution < -0.4 is 0 Å². The highest BCUT2D eigenvalue weighted by Crippen LogP contribution is 2.19. The molecule has 4 rings (SSSR count). The van der Waals surface area contributed by atoms with Crippen molar-refractivity contribution in [3.63, 3.8) is 0 Å². The van der Waals surface area contributed by atoms with Gasteiger partial charge in [0.05, 0.1) is 11.1 Å². The van der Waals surface area contributed by atoms with Gasteiger partial charge in [0.15, 0.2) is 5.78 Å². The second kappa shape index (κ2) is 12.2. The van der Waals surface area contributed by atoms with Crippen LogP contribution in [-0.4, -0.2) is 27.1 Å². The highest BCUT2D eigenvalue weighted by molar-refractivity contribution is 6.10. The van der Waals surface area contributed by atoms with Crippen molar-refractivity contribution >= 4 is 11.8 Å². The number of phenols is 2. The van der Waals surface area contributed by atoms with Gasteiger partial charge in [-0.1, -0.05) is 78.9 Å². The lowest BCUT2D eigenvalue weighted by Crippen LogP contribution is -2.00. The van der Waals surface area contributed by atoms with E-state index in [4.69, 9.17) is 10.2 Å². The van der Waals surface area contributed by atoms with Gasteiger partial charge < -0.3 is 15.3 Å². The molecule has 5 heteroatoms. The van der Waals surface area contributed by atoms with Crippen LogP contribution in [0.15, 0.2) is 115 Å². The Labute approximate surface area is 180 Å². The number of ketones is 1. The molecule has 4 aromatic rings. The molecule has 0 fully saturated rings. The largest absolute Gasteiger partial charge is 0.508 e. The number of hydrogen-bond donors (Lipinski definition) is 3. The Morgan fingerprint density at radius 2 is 0.935 bits per heavy atom. The summed E-state index contributed by atoms with van der Waals surface area (Å²) in [6, 6.07) is 32.5. The number of rotatable bonds is 3. The molecule has 0 atom stereocenters. The summed E-state index contributed by atoms with van der Waals surface area (Å²) in [7, 11) is 0. The Kier molecular flexibility index (Phi) is 9.04. The number of para-hydroxylation sites is 2. The molecule has 0 bridgehead atoms. The Morgan fingerprint density at radius 3 is 1.32 bits per heavy atom. The van der Waals surface area contributed by atoms with Gasteiger partial charge >= 0.3 is 5.97 Å². The van der Waals surface area contributed by atoms with Gasteiger partial charge in [-0.05, 0) is 36.4 Å². The Bertz CT molecular complexity index is 1080. The third kappa shape index (κ3) is 7.87. The smallest absolute Gasteiger partial charge is 0.335 e. The molecule has 0 aliphatic heterocycles. The van der Waals surface area contributed by atoms with Crippen LogP contribution in [0.2, 0.25) is 0 Å². The fourth-order valence-corrected chi connectivity index (χ4v) is 2.42. The predicted octanol–water partition coefficient (Wildman–Crippen LogP) is 5.40. The van der Waals surface area contributed by atoms with E-state index in [9.17, 15) is 14.7 Å². The standard InChI is InChI=1S/C13H10O2.C7H6O2.C6H6O/c14-12-9-5-4-8-11(12)13(15)10-6-2-1-3-7-10;8-7(9)6-4-2-1-3-5-6;7-6-4-2-1-3-5-6/h1-9,14H;1-5H,(H,8,9);1-5,7H. The summed E-state index contributed by atoms with van der Waals surface area (Å²) in [5, 5.41) is 26.5. The number of aromatic hydroxyl groups is 2. The van der Waals surface area contributed by atoms with E-state index in [1.54, 1.807) is 97.1 Å². The Hall–Kier alpha value is -4.38. The maximum atomic E-state index is 11.9. The molecule has 5 nitrogen and oxygen atoms in total. The van der Waals surface area contributed by atoms with Crippen LogP contribution >= 0.6 is 0 Å². The third-order valence-corrected chi connectivity index (χ3v) is 3.96. The second-order valence-corrected chi connectivity index (χ2v) is 6.22. The zero-order valence-electron chi connectivity index (χ0n) is 16.6. The molecule has 4 aromatic carbocycles. The maximum Gasteiger partial charge on any atom is 0.335 e. The van der Waals surface area contributed by atoms with Gasteiger partial charge in [0.1, 0.15) is 11.5 Å². The molecule has 0 aliphatic rings. The molecule has 0 radical (unpaired) electrons. The Morgan fingerprint density at radius 1 is 0.516 bits per heavy atom. The fourth-order valence-electron chi connectivity index (χ4n) is 2.42. The second-order valence-electron chi connectivity index (χ2n) is 6.22. The molecule has 0 saturated carbocycles. The summed E-state index contributed by atoms with van der Waals surface area (Å²) >= 11 is 0. The van der Waals surface area contributed by atoms with E-state index in [2.05, 4.69) is 0 Å². The van der Waals surface area contributed by atoms with Gasteiger partial charge in [0, 0.05) is 5.56 Å². The highest BCUT2D eigenvalue weighted by atomic mass is 16.4. The van der Waals surface area contributed by atoms with Crippen molar-refractivity contribution < 1.29 is 24.9 Å². The molecule has 0 aliphatic carbocycles. The number of aromatic carboxylic acids is 1. The summed E-state index contributed by atoms with van der Waals surface area (Å²) in [6.45, 7) is 0. The fraction of sp³-hybridized carbons (Fsp3) is 0. The Balaban J connectivity index is 0.000000181. The topological polar surface area (TPSA) is 94.8 Å². The van der Waals surface area contributed by atoms with Crippen LogP contribution in [0.25, 0.3) is 0 Å². The molecule has 31 heavy (non-hydrogen) atoms. The number of hydrogen-bond acceptors (Lipinski definition) is 4. The molecule has 0 heterocycles. The average molecular weight is 414 g/mol. The minimum absolute atomic E-state index is 0.0198. The SMILES string of the molecule is O=C(O)c1ccccc1.O=C(c1ccccc1)c1ccccc1O.Oc1ccccc1. The molecule has 0 spiro atoms. The van der Waals surface area contributed by atoms with E-state index in [-0.39, 0.29) is 11.5 Å². The van der Waals surface area contributed by atoms with Crippen LogP contribution in [0, 0.1) is 0 Å². The predicted molar refractivity (Wildman–Crippen MR) is 119 cm³/mol. The van der Waals surface area contributed by atoms with Crippen LogP contribution in [0.3, 0.4) is 0 Å². The van der Waals surface area contributed by atoms with Crippen LogP contribution in [0.1, 0.15) is 26.3 Å². The number of carbonyl (C=O) groups excluding carboxylic acids is 1. The summed E-state index contributed by atoms with van der Waals surface area (Å²) in [5.74, 6) is -0.696. The number of phenolic OH excluding ortho intramolecular Hbond substituents is 2. The first-order chi connectivity index (χ1) is 15.0. The summed E-state index contributed by atoms with van der Waals surface area (Å²) < 4.78 is 0. The summed E-state index contributed by atoms with van der Waals surface area (Å²) in [5.41, 5.74) is 1.25. The first-order valence-corrected chi connectivity index (χ1v) is 9.39. The van der Waals surface area contributed by atoms with Gasteiger partial charge in [-0.15, -0.1) is 0 Å². The normalized spacial score (nSPS) is 9.29. The lowest BCUT2D eigenvalue weighted by atomic mass is 10.0. The van der Waals surface area contributed by atoms with Crippen molar-refractivity contribution in [2.45, 2.75) is 0 Å². The highest BCUT2D eigenvalue weighted by Gasteiger charge is 2.11. The van der Waals surface area contributed by atoms with E-state index >= 15 is 0 Å². The number of carboxylic acid groups (broad SMARTS) is 1. The average Bonchev–Trinajstić information content (AvgIpc) is 2.81. The molecular formula is C26H22O5. The van der Waals surface area contributed by atoms with E-state index in [1.807, 2.05) is 12.1 Å². The quantitative estimate of drug-likeness (QED) is 0.390. The lowest BCUT2D eigenvalue weighted by molar-refractivity contribution is 0.0696. The number of benzene rings is 4. The first-order valence-electron chi connectivity index (χ1n) is 9.39. The minimum Gasteiger partial charge on any atom is -0.508 e. The van der Waals surface area contributed by atoms with Crippen molar-refractivity contribution in [2.75, 3.05) is 0 Å². The van der Waals surface area contributed by atoms with Crippen molar-refractivity contribution in [3.05, 3.63) is 132 Å². The first kappa shape index (κ1) is 22.9. The monoisotopic (exact) mass is 414 g/mol. The maximum absolute atomic E-state index is 11.9. The zero-order chi connectivity index (χ0) is 22.5. The molecule has 0 aromatic heterocycles. The van der Waals surface area contributed by atoms with Crippen molar-refractivity contribution in [3.8, 4) is 11.5 Å². The van der Waals surface area contributed by atoms with Gasteiger partial charge in [0.25, 0.3) is 0 Å². The molecule has 0 saturated heterocycles. The third-order valence-electron chi connectivity index (χ3n) is 3.96. The van der Waals surface area contributed by atoms with Crippen LogP contribution in [0.5, 0.6) is 11.5 Å². The van der Waals surface area contributed by atoms with E-state index in [1.165, 1.54) is 6.07 Å². The van der Waals surface area contributed by atoms with E-state index in [0.29, 0.717) is 22.4 Å². The van der Waals surface area contributed by atoms with Gasteiger partial charge in [0.2, 0.25) is 0 Å². The molecule has 0 unspecified atom stereocenters. The summed E-state index contributed by atoms with van der Waals surface area (Å²) in [6.07, 6.45) is 0. The minimum atomic E-state index is -0.879.